The molecule has 2 saturated heterocycles. The number of hydrogen-bond acceptors (Lipinski definition) is 7. The van der Waals surface area contributed by atoms with E-state index in [1.165, 1.54) is 12.0 Å². The topological polar surface area (TPSA) is 97.4 Å². The summed E-state index contributed by atoms with van der Waals surface area (Å²) in [6.45, 7) is 4.15. The summed E-state index contributed by atoms with van der Waals surface area (Å²) in [5.74, 6) is -0.661. The monoisotopic (exact) mass is 401 g/mol. The summed E-state index contributed by atoms with van der Waals surface area (Å²) in [5, 5.41) is 3.78. The molecule has 0 radical (unpaired) electrons. The van der Waals surface area contributed by atoms with Gasteiger partial charge in [0.25, 0.3) is 0 Å². The predicted molar refractivity (Wildman–Crippen MR) is 100 cm³/mol. The number of hydrogen-bond donors (Lipinski definition) is 1. The summed E-state index contributed by atoms with van der Waals surface area (Å²) < 4.78 is 14.7. The Labute approximate surface area is 164 Å². The van der Waals surface area contributed by atoms with Crippen molar-refractivity contribution < 1.29 is 28.6 Å². The molecular formula is C17H27N3O6S. The van der Waals surface area contributed by atoms with Crippen LogP contribution < -0.4 is 5.32 Å². The van der Waals surface area contributed by atoms with Crippen molar-refractivity contribution in [2.45, 2.75) is 44.7 Å². The molecule has 0 aromatic rings. The Morgan fingerprint density at radius 3 is 2.67 bits per heavy atom. The van der Waals surface area contributed by atoms with Crippen molar-refractivity contribution in [2.24, 2.45) is 0 Å². The van der Waals surface area contributed by atoms with Crippen molar-refractivity contribution in [3.63, 3.8) is 0 Å². The number of esters is 2. The maximum Gasteiger partial charge on any atom is 0.410 e. The molecule has 2 heterocycles. The van der Waals surface area contributed by atoms with Crippen molar-refractivity contribution >= 4 is 35.4 Å². The van der Waals surface area contributed by atoms with E-state index < -0.39 is 18.1 Å². The molecule has 0 aromatic carbocycles. The zero-order valence-electron chi connectivity index (χ0n) is 15.8. The van der Waals surface area contributed by atoms with Gasteiger partial charge in [-0.05, 0) is 38.4 Å². The lowest BCUT2D eigenvalue weighted by atomic mass is 10.0. The zero-order chi connectivity index (χ0) is 19.8. The number of rotatable bonds is 7. The molecule has 27 heavy (non-hydrogen) atoms. The first kappa shape index (κ1) is 21.2. The lowest BCUT2D eigenvalue weighted by Crippen LogP contribution is -2.53. The number of likely N-dealkylation sites (tertiary alicyclic amines) is 1. The molecule has 2 fully saturated rings. The zero-order valence-corrected chi connectivity index (χ0v) is 16.6. The molecule has 0 aromatic heterocycles. The predicted octanol–water partition coefficient (Wildman–Crippen LogP) is 0.662. The standard InChI is InChI=1S/C17H27N3O6S/c1-3-25-14(21)5-4-8-18-16(27)19-9-6-12(7-10-19)20-13(15(22)24-2)11-26-17(20)23/h12-13H,3-11H2,1-2H3,(H,18,27). The second kappa shape index (κ2) is 10.3. The Bertz CT molecular complexity index is 565. The van der Waals surface area contributed by atoms with Crippen LogP contribution in [0.15, 0.2) is 0 Å². The molecule has 2 aliphatic rings. The van der Waals surface area contributed by atoms with Gasteiger partial charge in [0, 0.05) is 32.1 Å². The first-order valence-electron chi connectivity index (χ1n) is 9.19. The molecule has 0 aliphatic carbocycles. The number of carbonyl (C=O) groups excluding carboxylic acids is 3. The minimum absolute atomic E-state index is 0.0339. The molecule has 0 bridgehead atoms. The van der Waals surface area contributed by atoms with E-state index in [1.807, 2.05) is 4.90 Å². The molecule has 1 amide bonds. The SMILES string of the molecule is CCOC(=O)CCCNC(=S)N1CCC(N2C(=O)OCC2C(=O)OC)CC1. The van der Waals surface area contributed by atoms with E-state index in [2.05, 4.69) is 5.32 Å². The Morgan fingerprint density at radius 1 is 1.33 bits per heavy atom. The van der Waals surface area contributed by atoms with Gasteiger partial charge in [-0.15, -0.1) is 0 Å². The van der Waals surface area contributed by atoms with Crippen LogP contribution >= 0.6 is 12.2 Å². The Balaban J connectivity index is 1.74. The van der Waals surface area contributed by atoms with E-state index >= 15 is 0 Å². The van der Waals surface area contributed by atoms with Gasteiger partial charge in [-0.25, -0.2) is 9.59 Å². The average Bonchev–Trinajstić information content (AvgIpc) is 3.06. The highest BCUT2D eigenvalue weighted by Crippen LogP contribution is 2.24. The van der Waals surface area contributed by atoms with Crippen LogP contribution in [0.4, 0.5) is 4.79 Å². The highest BCUT2D eigenvalue weighted by molar-refractivity contribution is 7.80. The quantitative estimate of drug-likeness (QED) is 0.286. The van der Waals surface area contributed by atoms with E-state index in [-0.39, 0.29) is 18.6 Å². The fourth-order valence-electron chi connectivity index (χ4n) is 3.27. The molecule has 1 atom stereocenters. The maximum atomic E-state index is 12.0. The number of ether oxygens (including phenoxy) is 3. The molecule has 2 aliphatic heterocycles. The molecule has 0 spiro atoms. The van der Waals surface area contributed by atoms with Crippen LogP contribution in [0.25, 0.3) is 0 Å². The number of carbonyl (C=O) groups is 3. The molecule has 1 unspecified atom stereocenters. The summed E-state index contributed by atoms with van der Waals surface area (Å²) in [6.07, 6.45) is 1.91. The van der Waals surface area contributed by atoms with Crippen LogP contribution in [0.3, 0.4) is 0 Å². The lowest BCUT2D eigenvalue weighted by Gasteiger charge is -2.38. The Hall–Kier alpha value is -2.10. The highest BCUT2D eigenvalue weighted by atomic mass is 32.1. The fraction of sp³-hybridized carbons (Fsp3) is 0.765. The van der Waals surface area contributed by atoms with Gasteiger partial charge < -0.3 is 24.4 Å². The van der Waals surface area contributed by atoms with Crippen molar-refractivity contribution in [1.82, 2.24) is 15.1 Å². The number of nitrogens with zero attached hydrogens (tertiary/aromatic N) is 2. The van der Waals surface area contributed by atoms with E-state index in [1.54, 1.807) is 6.92 Å². The van der Waals surface area contributed by atoms with E-state index in [0.29, 0.717) is 57.0 Å². The van der Waals surface area contributed by atoms with Crippen LogP contribution in [0, 0.1) is 0 Å². The Morgan fingerprint density at radius 2 is 2.04 bits per heavy atom. The van der Waals surface area contributed by atoms with Gasteiger partial charge in [0.1, 0.15) is 6.61 Å². The van der Waals surface area contributed by atoms with Gasteiger partial charge in [-0.1, -0.05) is 0 Å². The number of nitrogens with one attached hydrogen (secondary N) is 1. The largest absolute Gasteiger partial charge is 0.467 e. The third kappa shape index (κ3) is 5.69. The van der Waals surface area contributed by atoms with Crippen LogP contribution in [0.2, 0.25) is 0 Å². The lowest BCUT2D eigenvalue weighted by molar-refractivity contribution is -0.146. The number of cyclic esters (lactones) is 1. The summed E-state index contributed by atoms with van der Waals surface area (Å²) in [4.78, 5) is 38.7. The third-order valence-electron chi connectivity index (χ3n) is 4.67. The van der Waals surface area contributed by atoms with Gasteiger partial charge in [0.2, 0.25) is 0 Å². The maximum absolute atomic E-state index is 12.0. The second-order valence-corrected chi connectivity index (χ2v) is 6.77. The van der Waals surface area contributed by atoms with Crippen LogP contribution in [0.1, 0.15) is 32.6 Å². The summed E-state index contributed by atoms with van der Waals surface area (Å²) >= 11 is 5.40. The minimum atomic E-state index is -0.674. The molecule has 1 N–H and O–H groups in total. The molecule has 10 heteroatoms. The normalized spacial score (nSPS) is 20.2. The van der Waals surface area contributed by atoms with E-state index in [9.17, 15) is 14.4 Å². The molecule has 9 nitrogen and oxygen atoms in total. The first-order valence-corrected chi connectivity index (χ1v) is 9.60. The van der Waals surface area contributed by atoms with E-state index in [0.717, 1.165) is 0 Å². The fourth-order valence-corrected chi connectivity index (χ4v) is 3.56. The van der Waals surface area contributed by atoms with E-state index in [4.69, 9.17) is 26.4 Å². The molecule has 152 valence electrons. The number of amides is 1. The van der Waals surface area contributed by atoms with Crippen LogP contribution in [-0.4, -0.2) is 85.0 Å². The summed E-state index contributed by atoms with van der Waals surface area (Å²) in [5.41, 5.74) is 0. The highest BCUT2D eigenvalue weighted by Gasteiger charge is 2.43. The molecule has 0 saturated carbocycles. The van der Waals surface area contributed by atoms with Gasteiger partial charge >= 0.3 is 18.0 Å². The first-order chi connectivity index (χ1) is 13.0. The van der Waals surface area contributed by atoms with Gasteiger partial charge in [-0.2, -0.15) is 0 Å². The third-order valence-corrected chi connectivity index (χ3v) is 5.07. The van der Waals surface area contributed by atoms with Crippen molar-refractivity contribution in [3.8, 4) is 0 Å². The summed E-state index contributed by atoms with van der Waals surface area (Å²) in [7, 11) is 1.30. The van der Waals surface area contributed by atoms with Crippen molar-refractivity contribution in [1.29, 1.82) is 0 Å². The van der Waals surface area contributed by atoms with Gasteiger partial charge in [-0.3, -0.25) is 9.69 Å². The molecular weight excluding hydrogens is 374 g/mol. The number of thiocarbonyl (C=S) groups is 1. The van der Waals surface area contributed by atoms with Gasteiger partial charge in [0.05, 0.1) is 13.7 Å². The summed E-state index contributed by atoms with van der Waals surface area (Å²) in [6, 6.07) is -0.751. The number of piperidine rings is 1. The minimum Gasteiger partial charge on any atom is -0.467 e. The van der Waals surface area contributed by atoms with Crippen LogP contribution in [0.5, 0.6) is 0 Å². The number of methoxy groups -OCH3 is 1. The van der Waals surface area contributed by atoms with Crippen molar-refractivity contribution in [2.75, 3.05) is 40.0 Å². The second-order valence-electron chi connectivity index (χ2n) is 6.38. The van der Waals surface area contributed by atoms with Crippen LogP contribution in [-0.2, 0) is 23.8 Å². The van der Waals surface area contributed by atoms with Crippen molar-refractivity contribution in [3.05, 3.63) is 0 Å². The smallest absolute Gasteiger partial charge is 0.410 e. The van der Waals surface area contributed by atoms with Gasteiger partial charge in [0.15, 0.2) is 11.2 Å². The molecule has 2 rings (SSSR count). The average molecular weight is 401 g/mol. The Kier molecular flexibility index (Phi) is 8.08.